The number of aromatic nitrogens is 2. The van der Waals surface area contributed by atoms with Crippen molar-refractivity contribution in [2.75, 3.05) is 0 Å². The molecule has 0 amide bonds. The molecule has 0 aliphatic carbocycles. The fraction of sp³-hybridized carbons (Fsp3) is 0.250. The zero-order valence-electron chi connectivity index (χ0n) is 15.7. The van der Waals surface area contributed by atoms with Gasteiger partial charge in [0.2, 0.25) is 11.0 Å². The third kappa shape index (κ3) is 3.20. The van der Waals surface area contributed by atoms with E-state index < -0.39 is 0 Å². The first-order valence-electron chi connectivity index (χ1n) is 9.49. The number of aryl methyl sites for hydroxylation is 4. The van der Waals surface area contributed by atoms with Crippen LogP contribution in [0.25, 0.3) is 21.8 Å². The van der Waals surface area contributed by atoms with E-state index in [4.69, 9.17) is 0 Å². The molecule has 0 radical (unpaired) electrons. The van der Waals surface area contributed by atoms with Crippen molar-refractivity contribution in [2.24, 2.45) is 0 Å². The molecule has 0 spiro atoms. The van der Waals surface area contributed by atoms with Gasteiger partial charge in [-0.1, -0.05) is 24.3 Å². The molecule has 4 rings (SSSR count). The quantitative estimate of drug-likeness (QED) is 0.368. The Balaban J connectivity index is 1.47. The van der Waals surface area contributed by atoms with Gasteiger partial charge in [0, 0.05) is 47.9 Å². The van der Waals surface area contributed by atoms with Gasteiger partial charge in [0.15, 0.2) is 12.4 Å². The van der Waals surface area contributed by atoms with Gasteiger partial charge in [-0.3, -0.25) is 0 Å². The maximum absolute atomic E-state index is 2.39. The Kier molecular flexibility index (Phi) is 4.66. The average molecular weight is 342 g/mol. The van der Waals surface area contributed by atoms with Crippen molar-refractivity contribution in [3.05, 3.63) is 84.2 Å². The highest BCUT2D eigenvalue weighted by molar-refractivity contribution is 5.79. The Morgan fingerprint density at radius 2 is 1.00 bits per heavy atom. The van der Waals surface area contributed by atoms with Crippen LogP contribution in [0.2, 0.25) is 0 Å². The normalized spacial score (nSPS) is 11.3. The van der Waals surface area contributed by atoms with E-state index in [0.717, 1.165) is 13.1 Å². The number of unbranched alkanes of at least 4 members (excludes halogenated alkanes) is 1. The monoisotopic (exact) mass is 342 g/mol. The molecule has 0 atom stereocenters. The molecule has 2 aromatic carbocycles. The lowest BCUT2D eigenvalue weighted by Crippen LogP contribution is -2.37. The lowest BCUT2D eigenvalue weighted by Gasteiger charge is -2.05. The molecule has 2 nitrogen and oxygen atoms in total. The molecule has 130 valence electrons. The van der Waals surface area contributed by atoms with Crippen LogP contribution in [-0.4, -0.2) is 0 Å². The Labute approximate surface area is 155 Å². The third-order valence-corrected chi connectivity index (χ3v) is 5.33. The van der Waals surface area contributed by atoms with E-state index in [2.05, 4.69) is 96.0 Å². The zero-order valence-corrected chi connectivity index (χ0v) is 15.7. The van der Waals surface area contributed by atoms with Crippen molar-refractivity contribution in [2.45, 2.75) is 39.8 Å². The van der Waals surface area contributed by atoms with Crippen LogP contribution in [0.15, 0.2) is 73.1 Å². The summed E-state index contributed by atoms with van der Waals surface area (Å²) in [7, 11) is 0. The summed E-state index contributed by atoms with van der Waals surface area (Å²) >= 11 is 0. The second kappa shape index (κ2) is 7.25. The Bertz CT molecular complexity index is 979. The van der Waals surface area contributed by atoms with Crippen molar-refractivity contribution < 1.29 is 9.13 Å². The summed E-state index contributed by atoms with van der Waals surface area (Å²) in [5, 5.41) is 2.71. The van der Waals surface area contributed by atoms with Gasteiger partial charge in [0.25, 0.3) is 0 Å². The number of nitrogens with zero attached hydrogens (tertiary/aromatic N) is 2. The predicted octanol–water partition coefficient (Wildman–Crippen LogP) is 4.67. The van der Waals surface area contributed by atoms with E-state index >= 15 is 0 Å². The minimum atomic E-state index is 1.06. The van der Waals surface area contributed by atoms with Gasteiger partial charge >= 0.3 is 0 Å². The molecule has 0 unspecified atom stereocenters. The molecule has 0 N–H and O–H groups in total. The number of benzene rings is 2. The molecule has 4 aromatic rings. The maximum Gasteiger partial charge on any atom is 0.212 e. The fourth-order valence-electron chi connectivity index (χ4n) is 3.81. The summed E-state index contributed by atoms with van der Waals surface area (Å²) in [4.78, 5) is 0. The highest BCUT2D eigenvalue weighted by atomic mass is 15.0. The van der Waals surface area contributed by atoms with Crippen molar-refractivity contribution in [1.82, 2.24) is 0 Å². The second-order valence-electron chi connectivity index (χ2n) is 7.13. The van der Waals surface area contributed by atoms with Crippen LogP contribution in [0.4, 0.5) is 0 Å². The molecular formula is C24H26N2+2. The molecule has 0 fully saturated rings. The van der Waals surface area contributed by atoms with E-state index in [9.17, 15) is 0 Å². The van der Waals surface area contributed by atoms with Crippen LogP contribution in [0.1, 0.15) is 24.0 Å². The summed E-state index contributed by atoms with van der Waals surface area (Å²) < 4.78 is 4.78. The second-order valence-corrected chi connectivity index (χ2v) is 7.13. The fourth-order valence-corrected chi connectivity index (χ4v) is 3.81. The molecule has 2 heteroatoms. The lowest BCUT2D eigenvalue weighted by molar-refractivity contribution is -0.683. The first-order chi connectivity index (χ1) is 12.7. The van der Waals surface area contributed by atoms with Gasteiger partial charge in [-0.15, -0.1) is 0 Å². The van der Waals surface area contributed by atoms with Gasteiger partial charge < -0.3 is 0 Å². The molecular weight excluding hydrogens is 316 g/mol. The Hall–Kier alpha value is -2.74. The molecule has 2 heterocycles. The van der Waals surface area contributed by atoms with Crippen LogP contribution < -0.4 is 9.13 Å². The molecule has 0 aliphatic heterocycles. The summed E-state index contributed by atoms with van der Waals surface area (Å²) in [5.74, 6) is 0. The molecule has 0 aliphatic rings. The zero-order chi connectivity index (χ0) is 17.9. The third-order valence-electron chi connectivity index (χ3n) is 5.33. The topological polar surface area (TPSA) is 7.76 Å². The highest BCUT2D eigenvalue weighted by Gasteiger charge is 2.12. The number of fused-ring (bicyclic) bond motifs is 2. The van der Waals surface area contributed by atoms with E-state index in [1.807, 2.05) is 0 Å². The molecule has 26 heavy (non-hydrogen) atoms. The SMILES string of the molecule is Cc1cc[n+](CCCC[n+]2ccc(C)c3ccccc32)c2ccccc12. The summed E-state index contributed by atoms with van der Waals surface area (Å²) in [6.07, 6.45) is 6.80. The van der Waals surface area contributed by atoms with E-state index in [-0.39, 0.29) is 0 Å². The van der Waals surface area contributed by atoms with Gasteiger partial charge in [0.1, 0.15) is 13.1 Å². The lowest BCUT2D eigenvalue weighted by atomic mass is 10.1. The van der Waals surface area contributed by atoms with E-state index in [0.29, 0.717) is 0 Å². The number of hydrogen-bond donors (Lipinski definition) is 0. The molecule has 0 bridgehead atoms. The average Bonchev–Trinajstić information content (AvgIpc) is 2.69. The van der Waals surface area contributed by atoms with Gasteiger partial charge in [-0.25, -0.2) is 0 Å². The Morgan fingerprint density at radius 1 is 0.577 bits per heavy atom. The van der Waals surface area contributed by atoms with Gasteiger partial charge in [-0.2, -0.15) is 9.13 Å². The standard InChI is InChI=1S/C24H26N2/c1-19-13-17-25(23-11-5-3-9-21(19)23)15-7-8-16-26-18-14-20(2)22-10-4-6-12-24(22)26/h3-6,9-14,17-18H,7-8,15-16H2,1-2H3/q+2. The Morgan fingerprint density at radius 3 is 1.46 bits per heavy atom. The number of hydrogen-bond acceptors (Lipinski definition) is 0. The van der Waals surface area contributed by atoms with E-state index in [1.54, 1.807) is 0 Å². The van der Waals surface area contributed by atoms with Gasteiger partial charge in [0.05, 0.1) is 0 Å². The number of para-hydroxylation sites is 2. The minimum absolute atomic E-state index is 1.06. The summed E-state index contributed by atoms with van der Waals surface area (Å²) in [5.41, 5.74) is 5.36. The van der Waals surface area contributed by atoms with Crippen molar-refractivity contribution in [3.63, 3.8) is 0 Å². The van der Waals surface area contributed by atoms with Crippen LogP contribution in [-0.2, 0) is 13.1 Å². The van der Waals surface area contributed by atoms with Gasteiger partial charge in [-0.05, 0) is 37.1 Å². The van der Waals surface area contributed by atoms with Crippen LogP contribution in [0.3, 0.4) is 0 Å². The largest absolute Gasteiger partial charge is 0.212 e. The maximum atomic E-state index is 2.39. The van der Waals surface area contributed by atoms with Crippen LogP contribution in [0.5, 0.6) is 0 Å². The smallest absolute Gasteiger partial charge is 0.198 e. The number of pyridine rings is 2. The first kappa shape index (κ1) is 16.7. The van der Waals surface area contributed by atoms with Crippen molar-refractivity contribution in [3.8, 4) is 0 Å². The first-order valence-corrected chi connectivity index (χ1v) is 9.49. The molecule has 0 saturated heterocycles. The predicted molar refractivity (Wildman–Crippen MR) is 107 cm³/mol. The highest BCUT2D eigenvalue weighted by Crippen LogP contribution is 2.15. The molecule has 2 aromatic heterocycles. The molecule has 0 saturated carbocycles. The minimum Gasteiger partial charge on any atom is -0.198 e. The van der Waals surface area contributed by atoms with Crippen molar-refractivity contribution >= 4 is 21.8 Å². The summed E-state index contributed by atoms with van der Waals surface area (Å²) in [6.45, 7) is 6.49. The van der Waals surface area contributed by atoms with E-state index in [1.165, 1.54) is 45.8 Å². The number of rotatable bonds is 5. The van der Waals surface area contributed by atoms with Crippen LogP contribution in [0, 0.1) is 13.8 Å². The van der Waals surface area contributed by atoms with Crippen LogP contribution >= 0.6 is 0 Å². The summed E-state index contributed by atoms with van der Waals surface area (Å²) in [6, 6.07) is 21.9. The van der Waals surface area contributed by atoms with Crippen molar-refractivity contribution in [1.29, 1.82) is 0 Å².